The number of hydrogen-bond acceptors (Lipinski definition) is 3. The maximum absolute atomic E-state index is 9.22. The Morgan fingerprint density at radius 1 is 1.11 bits per heavy atom. The van der Waals surface area contributed by atoms with E-state index in [1.807, 2.05) is 18.2 Å². The molecule has 0 spiro atoms. The van der Waals surface area contributed by atoms with Crippen molar-refractivity contribution in [1.82, 2.24) is 0 Å². The van der Waals surface area contributed by atoms with Crippen molar-refractivity contribution in [1.29, 1.82) is 0 Å². The summed E-state index contributed by atoms with van der Waals surface area (Å²) in [6.07, 6.45) is 0.896. The van der Waals surface area contributed by atoms with Crippen LogP contribution in [0.5, 0.6) is 0 Å². The van der Waals surface area contributed by atoms with Crippen molar-refractivity contribution < 1.29 is 14.4 Å². The van der Waals surface area contributed by atoms with E-state index in [-0.39, 0.29) is 24.9 Å². The quantitative estimate of drug-likeness (QED) is 0.847. The minimum Gasteiger partial charge on any atom is -0.399 e. The van der Waals surface area contributed by atoms with E-state index in [1.54, 1.807) is 0 Å². The molecule has 0 unspecified atom stereocenters. The van der Waals surface area contributed by atoms with E-state index in [0.29, 0.717) is 0 Å². The molecule has 0 bridgehead atoms. The lowest BCUT2D eigenvalue weighted by Gasteiger charge is -2.32. The van der Waals surface area contributed by atoms with E-state index in [4.69, 9.17) is 9.31 Å². The number of aryl methyl sites for hydroxylation is 1. The summed E-state index contributed by atoms with van der Waals surface area (Å²) in [5, 5.41) is 9.22. The molecule has 1 aliphatic heterocycles. The lowest BCUT2D eigenvalue weighted by atomic mass is 9.75. The highest BCUT2D eigenvalue weighted by atomic mass is 16.7. The van der Waals surface area contributed by atoms with Crippen LogP contribution in [0.3, 0.4) is 0 Å². The number of rotatable bonds is 3. The summed E-state index contributed by atoms with van der Waals surface area (Å²) in [6.45, 7) is 10.4. The second kappa shape index (κ2) is 4.93. The molecular formula is C15H23BO3. The molecule has 2 rings (SSSR count). The Morgan fingerprint density at radius 2 is 1.68 bits per heavy atom. The SMILES string of the molecule is CCc1cc(CO)ccc1B1OC(C)(C)C(C)(C)O1. The highest BCUT2D eigenvalue weighted by Crippen LogP contribution is 2.36. The predicted molar refractivity (Wildman–Crippen MR) is 77.5 cm³/mol. The molecule has 1 saturated heterocycles. The van der Waals surface area contributed by atoms with E-state index in [2.05, 4.69) is 34.6 Å². The van der Waals surface area contributed by atoms with Gasteiger partial charge in [0.1, 0.15) is 0 Å². The van der Waals surface area contributed by atoms with Crippen LogP contribution in [0.25, 0.3) is 0 Å². The van der Waals surface area contributed by atoms with Crippen LogP contribution < -0.4 is 5.46 Å². The third-order valence-corrected chi connectivity index (χ3v) is 4.28. The molecular weight excluding hydrogens is 239 g/mol. The van der Waals surface area contributed by atoms with Gasteiger partial charge in [0.2, 0.25) is 0 Å². The molecule has 1 aliphatic rings. The Kier molecular flexibility index (Phi) is 3.78. The fourth-order valence-electron chi connectivity index (χ4n) is 2.26. The van der Waals surface area contributed by atoms with Gasteiger partial charge in [-0.2, -0.15) is 0 Å². The minimum atomic E-state index is -0.326. The predicted octanol–water partition coefficient (Wildman–Crippen LogP) is 2.04. The summed E-state index contributed by atoms with van der Waals surface area (Å²) in [5.74, 6) is 0. The zero-order chi connectivity index (χ0) is 14.3. The molecule has 1 fully saturated rings. The van der Waals surface area contributed by atoms with Gasteiger partial charge in [0.15, 0.2) is 0 Å². The van der Waals surface area contributed by atoms with Crippen LogP contribution in [0.2, 0.25) is 0 Å². The maximum atomic E-state index is 9.22. The van der Waals surface area contributed by atoms with Gasteiger partial charge in [0.05, 0.1) is 17.8 Å². The van der Waals surface area contributed by atoms with Crippen LogP contribution in [0, 0.1) is 0 Å². The van der Waals surface area contributed by atoms with Crippen LogP contribution in [0.1, 0.15) is 45.7 Å². The third kappa shape index (κ3) is 2.57. The van der Waals surface area contributed by atoms with Crippen LogP contribution in [-0.4, -0.2) is 23.4 Å². The first-order valence-corrected chi connectivity index (χ1v) is 6.89. The molecule has 104 valence electrons. The fraction of sp³-hybridized carbons (Fsp3) is 0.600. The molecule has 0 radical (unpaired) electrons. The minimum absolute atomic E-state index is 0.0661. The van der Waals surface area contributed by atoms with Crippen molar-refractivity contribution in [3.63, 3.8) is 0 Å². The number of aliphatic hydroxyl groups excluding tert-OH is 1. The van der Waals surface area contributed by atoms with Gasteiger partial charge in [-0.3, -0.25) is 0 Å². The molecule has 0 aliphatic carbocycles. The van der Waals surface area contributed by atoms with Crippen LogP contribution in [-0.2, 0) is 22.3 Å². The Labute approximate surface area is 116 Å². The molecule has 1 aromatic rings. The number of benzene rings is 1. The standard InChI is InChI=1S/C15H23BO3/c1-6-12-9-11(10-17)7-8-13(12)16-18-14(2,3)15(4,5)19-16/h7-9,17H,6,10H2,1-5H3. The lowest BCUT2D eigenvalue weighted by molar-refractivity contribution is 0.00578. The molecule has 3 nitrogen and oxygen atoms in total. The fourth-order valence-corrected chi connectivity index (χ4v) is 2.26. The van der Waals surface area contributed by atoms with E-state index >= 15 is 0 Å². The first kappa shape index (κ1) is 14.6. The molecule has 1 N–H and O–H groups in total. The van der Waals surface area contributed by atoms with Gasteiger partial charge < -0.3 is 14.4 Å². The Bertz CT molecular complexity index is 452. The highest BCUT2D eigenvalue weighted by Gasteiger charge is 2.52. The molecule has 0 aromatic heterocycles. The molecule has 0 saturated carbocycles. The zero-order valence-electron chi connectivity index (χ0n) is 12.5. The van der Waals surface area contributed by atoms with Gasteiger partial charge in [-0.05, 0) is 50.7 Å². The second-order valence-corrected chi connectivity index (χ2v) is 6.13. The van der Waals surface area contributed by atoms with Crippen molar-refractivity contribution in [2.45, 2.75) is 58.8 Å². The molecule has 0 amide bonds. The van der Waals surface area contributed by atoms with Gasteiger partial charge in [-0.1, -0.05) is 25.1 Å². The topological polar surface area (TPSA) is 38.7 Å². The molecule has 4 heteroatoms. The normalized spacial score (nSPS) is 20.8. The van der Waals surface area contributed by atoms with E-state index in [1.165, 1.54) is 5.56 Å². The second-order valence-electron chi connectivity index (χ2n) is 6.13. The summed E-state index contributed by atoms with van der Waals surface area (Å²) < 4.78 is 12.2. The summed E-state index contributed by atoms with van der Waals surface area (Å²) in [5.41, 5.74) is 2.52. The molecule has 0 atom stereocenters. The molecule has 1 heterocycles. The first-order valence-electron chi connectivity index (χ1n) is 6.89. The highest BCUT2D eigenvalue weighted by molar-refractivity contribution is 6.62. The van der Waals surface area contributed by atoms with E-state index < -0.39 is 0 Å². The zero-order valence-corrected chi connectivity index (χ0v) is 12.5. The summed E-state index contributed by atoms with van der Waals surface area (Å²) in [6, 6.07) is 5.96. The Morgan fingerprint density at radius 3 is 2.16 bits per heavy atom. The van der Waals surface area contributed by atoms with Gasteiger partial charge in [-0.25, -0.2) is 0 Å². The monoisotopic (exact) mass is 262 g/mol. The molecule has 1 aromatic carbocycles. The van der Waals surface area contributed by atoms with Crippen molar-refractivity contribution in [2.24, 2.45) is 0 Å². The van der Waals surface area contributed by atoms with Crippen molar-refractivity contribution in [2.75, 3.05) is 0 Å². The number of hydrogen-bond donors (Lipinski definition) is 1. The van der Waals surface area contributed by atoms with Gasteiger partial charge in [0, 0.05) is 0 Å². The Balaban J connectivity index is 2.34. The maximum Gasteiger partial charge on any atom is 0.495 e. The van der Waals surface area contributed by atoms with Crippen molar-refractivity contribution >= 4 is 12.6 Å². The van der Waals surface area contributed by atoms with Gasteiger partial charge >= 0.3 is 7.12 Å². The summed E-state index contributed by atoms with van der Waals surface area (Å²) in [7, 11) is -0.326. The lowest BCUT2D eigenvalue weighted by Crippen LogP contribution is -2.41. The van der Waals surface area contributed by atoms with Crippen LogP contribution >= 0.6 is 0 Å². The van der Waals surface area contributed by atoms with Crippen LogP contribution in [0.4, 0.5) is 0 Å². The third-order valence-electron chi connectivity index (χ3n) is 4.28. The number of aliphatic hydroxyl groups is 1. The van der Waals surface area contributed by atoms with Gasteiger partial charge in [-0.15, -0.1) is 0 Å². The molecule has 19 heavy (non-hydrogen) atoms. The van der Waals surface area contributed by atoms with Crippen molar-refractivity contribution in [3.05, 3.63) is 29.3 Å². The van der Waals surface area contributed by atoms with E-state index in [0.717, 1.165) is 17.4 Å². The average molecular weight is 262 g/mol. The largest absolute Gasteiger partial charge is 0.495 e. The smallest absolute Gasteiger partial charge is 0.399 e. The van der Waals surface area contributed by atoms with Gasteiger partial charge in [0.25, 0.3) is 0 Å². The van der Waals surface area contributed by atoms with Crippen LogP contribution in [0.15, 0.2) is 18.2 Å². The van der Waals surface area contributed by atoms with E-state index in [9.17, 15) is 5.11 Å². The summed E-state index contributed by atoms with van der Waals surface area (Å²) >= 11 is 0. The summed E-state index contributed by atoms with van der Waals surface area (Å²) in [4.78, 5) is 0. The average Bonchev–Trinajstić information content (AvgIpc) is 2.57. The Hall–Kier alpha value is -0.835. The van der Waals surface area contributed by atoms with Crippen molar-refractivity contribution in [3.8, 4) is 0 Å². The first-order chi connectivity index (χ1) is 8.80.